The summed E-state index contributed by atoms with van der Waals surface area (Å²) < 4.78 is 0. The summed E-state index contributed by atoms with van der Waals surface area (Å²) in [6, 6.07) is 11.7. The Balaban J connectivity index is 1.53. The number of amides is 1. The Kier molecular flexibility index (Phi) is 6.65. The number of carbonyl (C=O) groups excluding carboxylic acids is 1. The molecule has 0 saturated carbocycles. The molecule has 144 valence electrons. The second-order valence-electron chi connectivity index (χ2n) is 7.21. The predicted molar refractivity (Wildman–Crippen MR) is 112 cm³/mol. The fourth-order valence-electron chi connectivity index (χ4n) is 3.15. The van der Waals surface area contributed by atoms with Crippen molar-refractivity contribution in [2.75, 3.05) is 55.8 Å². The van der Waals surface area contributed by atoms with Gasteiger partial charge in [-0.2, -0.15) is 0 Å². The zero-order valence-corrected chi connectivity index (χ0v) is 16.2. The van der Waals surface area contributed by atoms with Crippen molar-refractivity contribution in [1.29, 1.82) is 0 Å². The van der Waals surface area contributed by atoms with Crippen molar-refractivity contribution in [2.24, 2.45) is 0 Å². The molecule has 1 aliphatic heterocycles. The molecule has 3 rings (SSSR count). The van der Waals surface area contributed by atoms with E-state index in [9.17, 15) is 4.79 Å². The molecule has 0 radical (unpaired) electrons. The lowest BCUT2D eigenvalue weighted by molar-refractivity contribution is 0.102. The summed E-state index contributed by atoms with van der Waals surface area (Å²) >= 11 is 0. The third-order valence-corrected chi connectivity index (χ3v) is 4.74. The summed E-state index contributed by atoms with van der Waals surface area (Å²) in [7, 11) is 4.06. The number of likely N-dealkylation sites (N-methyl/N-ethyl adjacent to an activating group) is 1. The van der Waals surface area contributed by atoms with Gasteiger partial charge in [0.2, 0.25) is 0 Å². The second-order valence-corrected chi connectivity index (χ2v) is 7.21. The molecule has 0 atom stereocenters. The fourth-order valence-corrected chi connectivity index (χ4v) is 3.15. The summed E-state index contributed by atoms with van der Waals surface area (Å²) in [6.07, 6.45) is 5.44. The van der Waals surface area contributed by atoms with Gasteiger partial charge in [0.15, 0.2) is 0 Å². The number of nitrogens with one attached hydrogen (secondary N) is 2. The molecule has 6 heteroatoms. The largest absolute Gasteiger partial charge is 0.372 e. The molecule has 1 aromatic carbocycles. The maximum atomic E-state index is 12.4. The van der Waals surface area contributed by atoms with Crippen molar-refractivity contribution >= 4 is 23.1 Å². The predicted octanol–water partition coefficient (Wildman–Crippen LogP) is 3.30. The van der Waals surface area contributed by atoms with Crippen LogP contribution in [0.5, 0.6) is 0 Å². The van der Waals surface area contributed by atoms with Gasteiger partial charge in [-0.05, 0) is 69.8 Å². The topological polar surface area (TPSA) is 60.5 Å². The van der Waals surface area contributed by atoms with Crippen LogP contribution < -0.4 is 15.5 Å². The van der Waals surface area contributed by atoms with E-state index in [1.807, 2.05) is 32.3 Å². The number of pyridine rings is 1. The normalized spacial score (nSPS) is 14.3. The molecule has 1 saturated heterocycles. The molecule has 1 amide bonds. The van der Waals surface area contributed by atoms with Crippen LogP contribution in [0, 0.1) is 0 Å². The fraction of sp³-hybridized carbons (Fsp3) is 0.429. The lowest BCUT2D eigenvalue weighted by atomic mass is 10.1. The average Bonchev–Trinajstić information content (AvgIpc) is 2.69. The molecule has 0 unspecified atom stereocenters. The van der Waals surface area contributed by atoms with Gasteiger partial charge in [0, 0.05) is 43.8 Å². The van der Waals surface area contributed by atoms with Crippen LogP contribution in [0.25, 0.3) is 0 Å². The SMILES string of the molecule is CN(C)CCNc1ccc(C(=O)Nc2ccc(N3CCCCC3)cc2)cn1. The third-order valence-electron chi connectivity index (χ3n) is 4.74. The Labute approximate surface area is 161 Å². The van der Waals surface area contributed by atoms with Gasteiger partial charge < -0.3 is 20.4 Å². The van der Waals surface area contributed by atoms with Crippen molar-refractivity contribution < 1.29 is 4.79 Å². The first kappa shape index (κ1) is 19.2. The van der Waals surface area contributed by atoms with Crippen molar-refractivity contribution in [2.45, 2.75) is 19.3 Å². The van der Waals surface area contributed by atoms with E-state index < -0.39 is 0 Å². The smallest absolute Gasteiger partial charge is 0.257 e. The number of hydrogen-bond acceptors (Lipinski definition) is 5. The summed E-state index contributed by atoms with van der Waals surface area (Å²) in [5.41, 5.74) is 2.57. The minimum absolute atomic E-state index is 0.145. The van der Waals surface area contributed by atoms with Crippen LogP contribution in [-0.4, -0.2) is 56.1 Å². The highest BCUT2D eigenvalue weighted by Gasteiger charge is 2.11. The van der Waals surface area contributed by atoms with Gasteiger partial charge in [0.05, 0.1) is 5.56 Å². The second kappa shape index (κ2) is 9.37. The van der Waals surface area contributed by atoms with E-state index in [0.717, 1.165) is 37.7 Å². The van der Waals surface area contributed by atoms with Crippen LogP contribution >= 0.6 is 0 Å². The van der Waals surface area contributed by atoms with Gasteiger partial charge in [-0.1, -0.05) is 0 Å². The Hall–Kier alpha value is -2.60. The van der Waals surface area contributed by atoms with Gasteiger partial charge in [-0.25, -0.2) is 4.98 Å². The highest BCUT2D eigenvalue weighted by Crippen LogP contribution is 2.22. The molecule has 2 aromatic rings. The number of nitrogens with zero attached hydrogens (tertiary/aromatic N) is 3. The number of aromatic nitrogens is 1. The van der Waals surface area contributed by atoms with Crippen molar-refractivity contribution in [1.82, 2.24) is 9.88 Å². The van der Waals surface area contributed by atoms with E-state index in [1.165, 1.54) is 24.9 Å². The monoisotopic (exact) mass is 367 g/mol. The first-order valence-electron chi connectivity index (χ1n) is 9.63. The maximum absolute atomic E-state index is 12.4. The molecular weight excluding hydrogens is 338 g/mol. The molecular formula is C21H29N5O. The molecule has 27 heavy (non-hydrogen) atoms. The lowest BCUT2D eigenvalue weighted by Crippen LogP contribution is -2.29. The molecule has 1 fully saturated rings. The van der Waals surface area contributed by atoms with Gasteiger partial charge in [-0.15, -0.1) is 0 Å². The van der Waals surface area contributed by atoms with E-state index in [0.29, 0.717) is 5.56 Å². The summed E-state index contributed by atoms with van der Waals surface area (Å²) in [5, 5.41) is 6.18. The lowest BCUT2D eigenvalue weighted by Gasteiger charge is -2.28. The highest BCUT2D eigenvalue weighted by atomic mass is 16.1. The van der Waals surface area contributed by atoms with E-state index >= 15 is 0 Å². The number of hydrogen-bond donors (Lipinski definition) is 2. The molecule has 6 nitrogen and oxygen atoms in total. The average molecular weight is 367 g/mol. The zero-order valence-electron chi connectivity index (χ0n) is 16.2. The Morgan fingerprint density at radius 3 is 2.44 bits per heavy atom. The number of rotatable bonds is 7. The summed E-state index contributed by atoms with van der Waals surface area (Å²) in [6.45, 7) is 3.98. The van der Waals surface area contributed by atoms with E-state index in [2.05, 4.69) is 37.6 Å². The molecule has 1 aliphatic rings. The summed E-state index contributed by atoms with van der Waals surface area (Å²) in [5.74, 6) is 0.632. The molecule has 0 aliphatic carbocycles. The van der Waals surface area contributed by atoms with Gasteiger partial charge in [0.1, 0.15) is 5.82 Å². The number of anilines is 3. The minimum Gasteiger partial charge on any atom is -0.372 e. The first-order chi connectivity index (χ1) is 13.1. The quantitative estimate of drug-likeness (QED) is 0.786. The van der Waals surface area contributed by atoms with E-state index in [1.54, 1.807) is 12.3 Å². The van der Waals surface area contributed by atoms with Crippen LogP contribution in [0.1, 0.15) is 29.6 Å². The Bertz CT molecular complexity index is 721. The molecule has 0 bridgehead atoms. The molecule has 2 heterocycles. The van der Waals surface area contributed by atoms with Crippen molar-refractivity contribution in [3.05, 3.63) is 48.2 Å². The first-order valence-corrected chi connectivity index (χ1v) is 9.63. The van der Waals surface area contributed by atoms with Gasteiger partial charge >= 0.3 is 0 Å². The van der Waals surface area contributed by atoms with E-state index in [4.69, 9.17) is 0 Å². The van der Waals surface area contributed by atoms with Gasteiger partial charge in [0.25, 0.3) is 5.91 Å². The standard InChI is InChI=1S/C21H29N5O/c1-25(2)15-12-22-20-11-6-17(16-23-20)21(27)24-18-7-9-19(10-8-18)26-13-4-3-5-14-26/h6-11,16H,3-5,12-15H2,1-2H3,(H,22,23)(H,24,27). The van der Waals surface area contributed by atoms with Crippen molar-refractivity contribution in [3.8, 4) is 0 Å². The van der Waals surface area contributed by atoms with Crippen LogP contribution in [-0.2, 0) is 0 Å². The summed E-state index contributed by atoms with van der Waals surface area (Å²) in [4.78, 5) is 21.2. The third kappa shape index (κ3) is 5.69. The molecule has 1 aromatic heterocycles. The minimum atomic E-state index is -0.145. The van der Waals surface area contributed by atoms with Crippen LogP contribution in [0.4, 0.5) is 17.2 Å². The van der Waals surface area contributed by atoms with E-state index in [-0.39, 0.29) is 5.91 Å². The molecule has 2 N–H and O–H groups in total. The zero-order chi connectivity index (χ0) is 19.1. The maximum Gasteiger partial charge on any atom is 0.257 e. The number of piperidine rings is 1. The van der Waals surface area contributed by atoms with Crippen LogP contribution in [0.3, 0.4) is 0 Å². The van der Waals surface area contributed by atoms with Gasteiger partial charge in [-0.3, -0.25) is 4.79 Å². The Morgan fingerprint density at radius 2 is 1.81 bits per heavy atom. The number of carbonyl (C=O) groups is 1. The highest BCUT2D eigenvalue weighted by molar-refractivity contribution is 6.04. The van der Waals surface area contributed by atoms with Crippen LogP contribution in [0.2, 0.25) is 0 Å². The van der Waals surface area contributed by atoms with Crippen molar-refractivity contribution in [3.63, 3.8) is 0 Å². The van der Waals surface area contributed by atoms with Crippen LogP contribution in [0.15, 0.2) is 42.6 Å². The Morgan fingerprint density at radius 1 is 1.07 bits per heavy atom. The number of benzene rings is 1. The molecule has 0 spiro atoms.